The average Bonchev–Trinajstić information content (AvgIpc) is 2.50. The zero-order chi connectivity index (χ0) is 17.0. The molecule has 0 spiro atoms. The van der Waals surface area contributed by atoms with Gasteiger partial charge >= 0.3 is 0 Å². The fourth-order valence-electron chi connectivity index (χ4n) is 2.09. The van der Waals surface area contributed by atoms with Gasteiger partial charge in [0.05, 0.1) is 4.90 Å². The van der Waals surface area contributed by atoms with E-state index < -0.39 is 10.0 Å². The van der Waals surface area contributed by atoms with Gasteiger partial charge in [0.15, 0.2) is 0 Å². The van der Waals surface area contributed by atoms with Crippen molar-refractivity contribution in [3.8, 4) is 5.75 Å². The first-order chi connectivity index (χ1) is 10.8. The summed E-state index contributed by atoms with van der Waals surface area (Å²) in [6, 6.07) is 10.4. The molecule has 2 aromatic rings. The zero-order valence-corrected chi connectivity index (χ0v) is 15.0. The fraction of sp³-hybridized carbons (Fsp3) is 0.294. The molecule has 0 saturated carbocycles. The van der Waals surface area contributed by atoms with Crippen molar-refractivity contribution >= 4 is 21.6 Å². The molecule has 0 aliphatic heterocycles. The third kappa shape index (κ3) is 4.47. The Morgan fingerprint density at radius 1 is 1.09 bits per heavy atom. The lowest BCUT2D eigenvalue weighted by Crippen LogP contribution is -2.28. The average molecular weight is 354 g/mol. The summed E-state index contributed by atoms with van der Waals surface area (Å²) in [4.78, 5) is 0.200. The molecule has 2 rings (SSSR count). The summed E-state index contributed by atoms with van der Waals surface area (Å²) < 4.78 is 32.6. The molecular weight excluding hydrogens is 334 g/mol. The Morgan fingerprint density at radius 2 is 1.83 bits per heavy atom. The summed E-state index contributed by atoms with van der Waals surface area (Å²) in [6.07, 6.45) is 0. The second-order valence-electron chi connectivity index (χ2n) is 5.36. The fourth-order valence-corrected chi connectivity index (χ4v) is 3.30. The van der Waals surface area contributed by atoms with Gasteiger partial charge in [-0.25, -0.2) is 13.1 Å². The maximum atomic E-state index is 12.2. The number of hydrogen-bond acceptors (Lipinski definition) is 3. The molecule has 0 radical (unpaired) electrons. The zero-order valence-electron chi connectivity index (χ0n) is 13.4. The highest BCUT2D eigenvalue weighted by Gasteiger charge is 2.14. The number of nitrogens with one attached hydrogen (secondary N) is 1. The Balaban J connectivity index is 1.95. The first-order valence-corrected chi connectivity index (χ1v) is 9.12. The number of ether oxygens (including phenoxy) is 1. The number of hydrogen-bond donors (Lipinski definition) is 1. The second kappa shape index (κ2) is 7.34. The third-order valence-corrected chi connectivity index (χ3v) is 5.53. The summed E-state index contributed by atoms with van der Waals surface area (Å²) in [5, 5.41) is 0.544. The van der Waals surface area contributed by atoms with Crippen LogP contribution in [0.15, 0.2) is 41.3 Å². The van der Waals surface area contributed by atoms with Crippen LogP contribution in [0.2, 0.25) is 5.02 Å². The molecule has 6 heteroatoms. The lowest BCUT2D eigenvalue weighted by Gasteiger charge is -2.12. The third-order valence-electron chi connectivity index (χ3n) is 3.65. The highest BCUT2D eigenvalue weighted by molar-refractivity contribution is 7.89. The predicted molar refractivity (Wildman–Crippen MR) is 92.8 cm³/mol. The molecule has 2 aromatic carbocycles. The van der Waals surface area contributed by atoms with Crippen LogP contribution in [0.25, 0.3) is 0 Å². The first kappa shape index (κ1) is 17.8. The van der Waals surface area contributed by atoms with E-state index in [0.29, 0.717) is 5.02 Å². The van der Waals surface area contributed by atoms with Crippen molar-refractivity contribution in [2.45, 2.75) is 25.7 Å². The minimum absolute atomic E-state index is 0.192. The maximum Gasteiger partial charge on any atom is 0.240 e. The smallest absolute Gasteiger partial charge is 0.240 e. The Bertz CT molecular complexity index is 803. The van der Waals surface area contributed by atoms with E-state index in [1.807, 2.05) is 32.0 Å². The molecule has 0 saturated heterocycles. The van der Waals surface area contributed by atoms with Crippen molar-refractivity contribution in [3.05, 3.63) is 58.1 Å². The van der Waals surface area contributed by atoms with Crippen molar-refractivity contribution in [1.29, 1.82) is 0 Å². The standard InChI is InChI=1S/C17H20ClNO3S/c1-12-5-4-6-17(14(12)3)22-10-9-19-23(20,21)15-7-8-16(18)13(2)11-15/h4-8,11,19H,9-10H2,1-3H3. The van der Waals surface area contributed by atoms with E-state index in [1.54, 1.807) is 19.1 Å². The van der Waals surface area contributed by atoms with Crippen LogP contribution in [-0.2, 0) is 10.0 Å². The largest absolute Gasteiger partial charge is 0.492 e. The van der Waals surface area contributed by atoms with Gasteiger partial charge < -0.3 is 4.74 Å². The predicted octanol–water partition coefficient (Wildman–Crippen LogP) is 3.62. The molecule has 4 nitrogen and oxygen atoms in total. The highest BCUT2D eigenvalue weighted by Crippen LogP contribution is 2.21. The number of halogens is 1. The molecule has 0 amide bonds. The molecule has 0 aromatic heterocycles. The number of aryl methyl sites for hydroxylation is 2. The van der Waals surface area contributed by atoms with Crippen molar-refractivity contribution < 1.29 is 13.2 Å². The minimum atomic E-state index is -3.56. The van der Waals surface area contributed by atoms with E-state index >= 15 is 0 Å². The molecule has 0 unspecified atom stereocenters. The van der Waals surface area contributed by atoms with Crippen LogP contribution in [0.5, 0.6) is 5.75 Å². The molecule has 0 bridgehead atoms. The quantitative estimate of drug-likeness (QED) is 0.807. The van der Waals surface area contributed by atoms with Crippen LogP contribution in [0.4, 0.5) is 0 Å². The van der Waals surface area contributed by atoms with Gasteiger partial charge in [0.2, 0.25) is 10.0 Å². The van der Waals surface area contributed by atoms with Gasteiger partial charge in [-0.05, 0) is 61.7 Å². The van der Waals surface area contributed by atoms with Crippen LogP contribution in [0, 0.1) is 20.8 Å². The van der Waals surface area contributed by atoms with Crippen LogP contribution in [-0.4, -0.2) is 21.6 Å². The molecule has 0 heterocycles. The molecule has 0 atom stereocenters. The normalized spacial score (nSPS) is 11.5. The first-order valence-electron chi connectivity index (χ1n) is 7.26. The Morgan fingerprint density at radius 3 is 2.52 bits per heavy atom. The maximum absolute atomic E-state index is 12.2. The van der Waals surface area contributed by atoms with E-state index in [2.05, 4.69) is 4.72 Å². The molecule has 0 aliphatic carbocycles. The van der Waals surface area contributed by atoms with Crippen molar-refractivity contribution in [2.24, 2.45) is 0 Å². The Labute approximate surface area is 142 Å². The summed E-state index contributed by atoms with van der Waals surface area (Å²) in [5.74, 6) is 0.770. The minimum Gasteiger partial charge on any atom is -0.492 e. The van der Waals surface area contributed by atoms with E-state index in [-0.39, 0.29) is 18.0 Å². The van der Waals surface area contributed by atoms with Crippen LogP contribution < -0.4 is 9.46 Å². The summed E-state index contributed by atoms with van der Waals surface area (Å²) >= 11 is 5.92. The Hall–Kier alpha value is -1.56. The molecule has 0 fully saturated rings. The van der Waals surface area contributed by atoms with Crippen LogP contribution in [0.1, 0.15) is 16.7 Å². The van der Waals surface area contributed by atoms with Gasteiger partial charge in [0.25, 0.3) is 0 Å². The number of rotatable bonds is 6. The van der Waals surface area contributed by atoms with Gasteiger partial charge in [-0.15, -0.1) is 0 Å². The van der Waals surface area contributed by atoms with Crippen molar-refractivity contribution in [3.63, 3.8) is 0 Å². The van der Waals surface area contributed by atoms with Gasteiger partial charge in [-0.1, -0.05) is 23.7 Å². The SMILES string of the molecule is Cc1cc(S(=O)(=O)NCCOc2cccc(C)c2C)ccc1Cl. The van der Waals surface area contributed by atoms with Gasteiger partial charge in [-0.3, -0.25) is 0 Å². The van der Waals surface area contributed by atoms with Crippen molar-refractivity contribution in [1.82, 2.24) is 4.72 Å². The molecule has 124 valence electrons. The topological polar surface area (TPSA) is 55.4 Å². The summed E-state index contributed by atoms with van der Waals surface area (Å²) in [7, 11) is -3.56. The monoisotopic (exact) mass is 353 g/mol. The van der Waals surface area contributed by atoms with E-state index in [1.165, 1.54) is 6.07 Å². The van der Waals surface area contributed by atoms with Crippen molar-refractivity contribution in [2.75, 3.05) is 13.2 Å². The number of benzene rings is 2. The lowest BCUT2D eigenvalue weighted by molar-refractivity contribution is 0.320. The van der Waals surface area contributed by atoms with Gasteiger partial charge in [0.1, 0.15) is 12.4 Å². The molecule has 0 aliphatic rings. The summed E-state index contributed by atoms with van der Waals surface area (Å²) in [5.41, 5.74) is 2.92. The Kier molecular flexibility index (Phi) is 5.68. The van der Waals surface area contributed by atoms with Crippen LogP contribution in [0.3, 0.4) is 0 Å². The van der Waals surface area contributed by atoms with Gasteiger partial charge in [0, 0.05) is 11.6 Å². The molecule has 1 N–H and O–H groups in total. The van der Waals surface area contributed by atoms with E-state index in [4.69, 9.17) is 16.3 Å². The van der Waals surface area contributed by atoms with Crippen LogP contribution >= 0.6 is 11.6 Å². The van der Waals surface area contributed by atoms with Gasteiger partial charge in [-0.2, -0.15) is 0 Å². The second-order valence-corrected chi connectivity index (χ2v) is 7.53. The van der Waals surface area contributed by atoms with E-state index in [9.17, 15) is 8.42 Å². The molecular formula is C17H20ClNO3S. The highest BCUT2D eigenvalue weighted by atomic mass is 35.5. The summed E-state index contributed by atoms with van der Waals surface area (Å²) in [6.45, 7) is 6.21. The lowest BCUT2D eigenvalue weighted by atomic mass is 10.1. The van der Waals surface area contributed by atoms with E-state index in [0.717, 1.165) is 22.4 Å². The molecule has 23 heavy (non-hydrogen) atoms. The number of sulfonamides is 1.